The zero-order valence-corrected chi connectivity index (χ0v) is 14.4. The number of nitrogens with zero attached hydrogens (tertiary/aromatic N) is 1. The van der Waals surface area contributed by atoms with Gasteiger partial charge in [0.1, 0.15) is 5.75 Å². The summed E-state index contributed by atoms with van der Waals surface area (Å²) in [6, 6.07) is 14.1. The van der Waals surface area contributed by atoms with E-state index in [-0.39, 0.29) is 18.1 Å². The Balaban J connectivity index is 1.94. The molecule has 0 aliphatic rings. The second kappa shape index (κ2) is 6.49. The van der Waals surface area contributed by atoms with Gasteiger partial charge in [0.05, 0.1) is 11.1 Å². The average molecular weight is 388 g/mol. The maximum atomic E-state index is 12.6. The number of aromatic carboxylic acids is 1. The van der Waals surface area contributed by atoms with Gasteiger partial charge in [0.15, 0.2) is 6.61 Å². The van der Waals surface area contributed by atoms with Crippen LogP contribution in [0.15, 0.2) is 53.0 Å². The third-order valence-corrected chi connectivity index (χ3v) is 4.28. The van der Waals surface area contributed by atoms with Crippen LogP contribution in [0.25, 0.3) is 10.9 Å². The molecule has 5 nitrogen and oxygen atoms in total. The van der Waals surface area contributed by atoms with Crippen LogP contribution >= 0.6 is 15.9 Å². The van der Waals surface area contributed by atoms with Crippen molar-refractivity contribution < 1.29 is 19.4 Å². The number of aromatic nitrogens is 1. The van der Waals surface area contributed by atoms with E-state index >= 15 is 0 Å². The minimum absolute atomic E-state index is 0.141. The highest BCUT2D eigenvalue weighted by Gasteiger charge is 2.22. The van der Waals surface area contributed by atoms with Gasteiger partial charge in [0, 0.05) is 15.6 Å². The van der Waals surface area contributed by atoms with Crippen LogP contribution in [0.3, 0.4) is 0 Å². The van der Waals surface area contributed by atoms with E-state index in [9.17, 15) is 14.7 Å². The van der Waals surface area contributed by atoms with E-state index < -0.39 is 5.97 Å². The van der Waals surface area contributed by atoms with Gasteiger partial charge in [-0.05, 0) is 37.3 Å². The Labute approximate surface area is 146 Å². The normalized spacial score (nSPS) is 10.8. The number of carboxylic acids is 1. The van der Waals surface area contributed by atoms with E-state index in [0.717, 1.165) is 4.47 Å². The summed E-state index contributed by atoms with van der Waals surface area (Å²) in [5.41, 5.74) is 1.10. The molecular weight excluding hydrogens is 374 g/mol. The molecule has 24 heavy (non-hydrogen) atoms. The molecule has 0 unspecified atom stereocenters. The molecule has 3 aromatic rings. The van der Waals surface area contributed by atoms with Gasteiger partial charge in [0.2, 0.25) is 0 Å². The van der Waals surface area contributed by atoms with Crippen molar-refractivity contribution in [1.29, 1.82) is 0 Å². The van der Waals surface area contributed by atoms with Crippen molar-refractivity contribution in [3.05, 3.63) is 64.3 Å². The van der Waals surface area contributed by atoms with Gasteiger partial charge >= 0.3 is 5.97 Å². The maximum Gasteiger partial charge on any atom is 0.338 e. The average Bonchev–Trinajstić information content (AvgIpc) is 2.86. The first-order valence-electron chi connectivity index (χ1n) is 7.24. The van der Waals surface area contributed by atoms with Crippen LogP contribution in [0.5, 0.6) is 5.75 Å². The molecule has 0 fully saturated rings. The van der Waals surface area contributed by atoms with Crippen molar-refractivity contribution in [3.63, 3.8) is 0 Å². The highest BCUT2D eigenvalue weighted by atomic mass is 79.9. The van der Waals surface area contributed by atoms with Crippen LogP contribution in [0.1, 0.15) is 20.8 Å². The highest BCUT2D eigenvalue weighted by molar-refractivity contribution is 9.10. The molecule has 0 atom stereocenters. The van der Waals surface area contributed by atoms with E-state index in [1.165, 1.54) is 4.57 Å². The molecule has 6 heteroatoms. The number of rotatable bonds is 4. The number of hydrogen-bond donors (Lipinski definition) is 1. The standard InChI is InChI=1S/C18H14BrNO4/c1-11-17(18(22)23)14-4-2-3-5-15(14)20(11)16(21)10-24-13-8-6-12(19)7-9-13/h2-9H,10H2,1H3,(H,22,23). The van der Waals surface area contributed by atoms with E-state index in [4.69, 9.17) is 4.74 Å². The Morgan fingerprint density at radius 3 is 2.46 bits per heavy atom. The molecule has 0 aliphatic carbocycles. The van der Waals surface area contributed by atoms with Crippen LogP contribution in [0, 0.1) is 6.92 Å². The molecule has 0 bridgehead atoms. The summed E-state index contributed by atoms with van der Waals surface area (Å²) < 4.78 is 7.83. The lowest BCUT2D eigenvalue weighted by molar-refractivity contribution is 0.0698. The van der Waals surface area contributed by atoms with Crippen LogP contribution in [0.4, 0.5) is 0 Å². The monoisotopic (exact) mass is 387 g/mol. The van der Waals surface area contributed by atoms with E-state index in [1.807, 2.05) is 12.1 Å². The molecule has 3 rings (SSSR count). The Kier molecular flexibility index (Phi) is 4.40. The molecule has 1 aromatic heterocycles. The van der Waals surface area contributed by atoms with Gasteiger partial charge in [-0.3, -0.25) is 9.36 Å². The van der Waals surface area contributed by atoms with Crippen LogP contribution < -0.4 is 4.74 Å². The molecule has 0 amide bonds. The van der Waals surface area contributed by atoms with E-state index in [0.29, 0.717) is 22.3 Å². The van der Waals surface area contributed by atoms with Crippen molar-refractivity contribution in [3.8, 4) is 5.75 Å². The molecule has 0 saturated carbocycles. The summed E-state index contributed by atoms with van der Waals surface area (Å²) in [4.78, 5) is 24.1. The summed E-state index contributed by atoms with van der Waals surface area (Å²) in [5, 5.41) is 9.97. The molecule has 0 radical (unpaired) electrons. The lowest BCUT2D eigenvalue weighted by atomic mass is 10.1. The molecule has 0 spiro atoms. The number of para-hydroxylation sites is 1. The Morgan fingerprint density at radius 1 is 1.12 bits per heavy atom. The number of carbonyl (C=O) groups excluding carboxylic acids is 1. The van der Waals surface area contributed by atoms with Gasteiger partial charge in [-0.15, -0.1) is 0 Å². The van der Waals surface area contributed by atoms with E-state index in [2.05, 4.69) is 15.9 Å². The van der Waals surface area contributed by atoms with Crippen LogP contribution in [-0.2, 0) is 0 Å². The Hall–Kier alpha value is -2.60. The third-order valence-electron chi connectivity index (χ3n) is 3.75. The Bertz CT molecular complexity index is 928. The minimum atomic E-state index is -1.05. The molecule has 1 heterocycles. The van der Waals surface area contributed by atoms with Crippen LogP contribution in [-0.4, -0.2) is 28.2 Å². The number of benzene rings is 2. The van der Waals surface area contributed by atoms with Crippen molar-refractivity contribution >= 4 is 38.7 Å². The molecule has 0 aliphatic heterocycles. The van der Waals surface area contributed by atoms with Crippen LogP contribution in [0.2, 0.25) is 0 Å². The smallest absolute Gasteiger partial charge is 0.338 e. The first-order chi connectivity index (χ1) is 11.5. The number of ether oxygens (including phenoxy) is 1. The fraction of sp³-hybridized carbons (Fsp3) is 0.111. The first kappa shape index (κ1) is 16.3. The lowest BCUT2D eigenvalue weighted by Gasteiger charge is -2.09. The fourth-order valence-corrected chi connectivity index (χ4v) is 2.96. The Morgan fingerprint density at radius 2 is 1.79 bits per heavy atom. The van der Waals surface area contributed by atoms with Crippen molar-refractivity contribution in [2.24, 2.45) is 0 Å². The predicted molar refractivity (Wildman–Crippen MR) is 93.9 cm³/mol. The number of carboxylic acid groups (broad SMARTS) is 1. The molecule has 122 valence electrons. The van der Waals surface area contributed by atoms with Gasteiger partial charge in [0.25, 0.3) is 5.91 Å². The summed E-state index contributed by atoms with van der Waals surface area (Å²) >= 11 is 3.33. The highest BCUT2D eigenvalue weighted by Crippen LogP contribution is 2.26. The zero-order valence-electron chi connectivity index (χ0n) is 12.8. The topological polar surface area (TPSA) is 68.5 Å². The zero-order chi connectivity index (χ0) is 17.3. The molecular formula is C18H14BrNO4. The lowest BCUT2D eigenvalue weighted by Crippen LogP contribution is -2.20. The van der Waals surface area contributed by atoms with Crippen molar-refractivity contribution in [1.82, 2.24) is 4.57 Å². The van der Waals surface area contributed by atoms with Gasteiger partial charge in [-0.1, -0.05) is 34.1 Å². The molecule has 1 N–H and O–H groups in total. The minimum Gasteiger partial charge on any atom is -0.484 e. The molecule has 0 saturated heterocycles. The first-order valence-corrected chi connectivity index (χ1v) is 8.03. The summed E-state index contributed by atoms with van der Waals surface area (Å²) in [6.07, 6.45) is 0. The van der Waals surface area contributed by atoms with E-state index in [1.54, 1.807) is 43.3 Å². The summed E-state index contributed by atoms with van der Waals surface area (Å²) in [7, 11) is 0. The second-order valence-corrected chi connectivity index (χ2v) is 6.17. The third kappa shape index (κ3) is 2.92. The van der Waals surface area contributed by atoms with Gasteiger partial charge < -0.3 is 9.84 Å². The molecule has 2 aromatic carbocycles. The second-order valence-electron chi connectivity index (χ2n) is 5.25. The number of carbonyl (C=O) groups is 2. The fourth-order valence-electron chi connectivity index (χ4n) is 2.70. The number of halogens is 1. The number of fused-ring (bicyclic) bond motifs is 1. The predicted octanol–water partition coefficient (Wildman–Crippen LogP) is 4.13. The maximum absolute atomic E-state index is 12.6. The quantitative estimate of drug-likeness (QED) is 0.730. The SMILES string of the molecule is Cc1c(C(=O)O)c2ccccc2n1C(=O)COc1ccc(Br)cc1. The largest absolute Gasteiger partial charge is 0.484 e. The number of hydrogen-bond acceptors (Lipinski definition) is 3. The van der Waals surface area contributed by atoms with Gasteiger partial charge in [-0.25, -0.2) is 4.79 Å². The van der Waals surface area contributed by atoms with Crippen molar-refractivity contribution in [2.45, 2.75) is 6.92 Å². The van der Waals surface area contributed by atoms with Crippen molar-refractivity contribution in [2.75, 3.05) is 6.61 Å². The van der Waals surface area contributed by atoms with Gasteiger partial charge in [-0.2, -0.15) is 0 Å². The summed E-state index contributed by atoms with van der Waals surface area (Å²) in [5.74, 6) is -0.803. The summed E-state index contributed by atoms with van der Waals surface area (Å²) in [6.45, 7) is 1.45.